The normalized spacial score (nSPS) is 12.3. The molecule has 11 heteroatoms. The summed E-state index contributed by atoms with van der Waals surface area (Å²) in [6.45, 7) is -0.197. The van der Waals surface area contributed by atoms with Crippen LogP contribution in [0.25, 0.3) is 17.1 Å². The molecule has 180 valence electrons. The molecule has 0 aliphatic rings. The second-order valence-electron chi connectivity index (χ2n) is 7.49. The van der Waals surface area contributed by atoms with Crippen LogP contribution in [0.1, 0.15) is 17.2 Å². The summed E-state index contributed by atoms with van der Waals surface area (Å²) in [5.74, 6) is 0.413. The van der Waals surface area contributed by atoms with Crippen LogP contribution in [0.2, 0.25) is 5.02 Å². The molecular weight excluding hydrogens is 499 g/mol. The molecular formula is C24H19ClF3N5OS. The van der Waals surface area contributed by atoms with Gasteiger partial charge >= 0.3 is 6.18 Å². The number of aliphatic hydroxyl groups is 1. The minimum absolute atomic E-state index is 0.197. The van der Waals surface area contributed by atoms with Gasteiger partial charge in [0.2, 0.25) is 0 Å². The Labute approximate surface area is 209 Å². The van der Waals surface area contributed by atoms with E-state index in [-0.39, 0.29) is 6.61 Å². The van der Waals surface area contributed by atoms with Crippen molar-refractivity contribution < 1.29 is 18.3 Å². The van der Waals surface area contributed by atoms with Crippen molar-refractivity contribution in [1.82, 2.24) is 20.1 Å². The molecule has 6 nitrogen and oxygen atoms in total. The Kier molecular flexibility index (Phi) is 7.34. The number of rotatable bonds is 6. The predicted octanol–water partition coefficient (Wildman–Crippen LogP) is 5.63. The van der Waals surface area contributed by atoms with E-state index in [1.807, 2.05) is 12.1 Å². The number of nitrogens with one attached hydrogen (secondary N) is 2. The van der Waals surface area contributed by atoms with Crippen LogP contribution in [0.15, 0.2) is 79.1 Å². The summed E-state index contributed by atoms with van der Waals surface area (Å²) in [6, 6.07) is 18.5. The van der Waals surface area contributed by atoms with E-state index >= 15 is 0 Å². The van der Waals surface area contributed by atoms with E-state index in [1.165, 1.54) is 23.1 Å². The van der Waals surface area contributed by atoms with Gasteiger partial charge in [-0.1, -0.05) is 29.8 Å². The molecule has 0 radical (unpaired) electrons. The van der Waals surface area contributed by atoms with E-state index in [4.69, 9.17) is 23.8 Å². The average molecular weight is 518 g/mol. The molecule has 35 heavy (non-hydrogen) atoms. The van der Waals surface area contributed by atoms with E-state index in [9.17, 15) is 18.3 Å². The van der Waals surface area contributed by atoms with E-state index in [0.29, 0.717) is 32.9 Å². The van der Waals surface area contributed by atoms with Crippen LogP contribution < -0.4 is 10.6 Å². The number of alkyl halides is 3. The van der Waals surface area contributed by atoms with Crippen LogP contribution in [0.4, 0.5) is 18.9 Å². The Morgan fingerprint density at radius 2 is 1.71 bits per heavy atom. The van der Waals surface area contributed by atoms with E-state index in [1.54, 1.807) is 36.4 Å². The van der Waals surface area contributed by atoms with Crippen molar-refractivity contribution >= 4 is 34.6 Å². The van der Waals surface area contributed by atoms with Gasteiger partial charge in [0.15, 0.2) is 10.9 Å². The molecule has 4 aromatic rings. The third-order valence-corrected chi connectivity index (χ3v) is 5.68. The second-order valence-corrected chi connectivity index (χ2v) is 8.31. The predicted molar refractivity (Wildman–Crippen MR) is 132 cm³/mol. The largest absolute Gasteiger partial charge is 0.416 e. The van der Waals surface area contributed by atoms with Gasteiger partial charge in [0.05, 0.1) is 23.9 Å². The highest BCUT2D eigenvalue weighted by molar-refractivity contribution is 7.80. The highest BCUT2D eigenvalue weighted by Gasteiger charge is 2.30. The van der Waals surface area contributed by atoms with Gasteiger partial charge in [0.1, 0.15) is 6.33 Å². The quantitative estimate of drug-likeness (QED) is 0.288. The lowest BCUT2D eigenvalue weighted by atomic mass is 10.1. The fourth-order valence-corrected chi connectivity index (χ4v) is 3.86. The molecule has 0 spiro atoms. The number of aromatic nitrogens is 3. The zero-order valence-corrected chi connectivity index (χ0v) is 19.6. The summed E-state index contributed by atoms with van der Waals surface area (Å²) in [5, 5.41) is 21.0. The third-order valence-electron chi connectivity index (χ3n) is 5.12. The monoisotopic (exact) mass is 517 g/mol. The molecule has 1 unspecified atom stereocenters. The first-order valence-electron chi connectivity index (χ1n) is 10.4. The maximum atomic E-state index is 12.8. The summed E-state index contributed by atoms with van der Waals surface area (Å²) in [4.78, 5) is 4.25. The van der Waals surface area contributed by atoms with Gasteiger partial charge in [0, 0.05) is 16.3 Å². The van der Waals surface area contributed by atoms with Gasteiger partial charge in [-0.05, 0) is 72.4 Å². The van der Waals surface area contributed by atoms with Crippen molar-refractivity contribution in [3.05, 3.63) is 95.3 Å². The Morgan fingerprint density at radius 1 is 1.03 bits per heavy atom. The number of thiocarbonyl (C=S) groups is 1. The number of nitrogens with zero attached hydrogens (tertiary/aromatic N) is 3. The van der Waals surface area contributed by atoms with Crippen molar-refractivity contribution in [1.29, 1.82) is 0 Å². The molecule has 1 atom stereocenters. The van der Waals surface area contributed by atoms with Gasteiger partial charge < -0.3 is 15.7 Å². The fourth-order valence-electron chi connectivity index (χ4n) is 3.33. The third kappa shape index (κ3) is 5.97. The molecule has 0 amide bonds. The van der Waals surface area contributed by atoms with E-state index < -0.39 is 17.8 Å². The Balaban J connectivity index is 1.41. The van der Waals surface area contributed by atoms with Gasteiger partial charge in [-0.2, -0.15) is 13.2 Å². The number of benzene rings is 3. The van der Waals surface area contributed by atoms with Crippen molar-refractivity contribution in [3.8, 4) is 17.1 Å². The molecule has 0 fully saturated rings. The van der Waals surface area contributed by atoms with Crippen LogP contribution in [0, 0.1) is 0 Å². The summed E-state index contributed by atoms with van der Waals surface area (Å²) in [5.41, 5.74) is 1.87. The van der Waals surface area contributed by atoms with Crippen LogP contribution >= 0.6 is 23.8 Å². The topological polar surface area (TPSA) is 75.0 Å². The number of hydrogen-bond acceptors (Lipinski definition) is 4. The van der Waals surface area contributed by atoms with Gasteiger partial charge in [0.25, 0.3) is 0 Å². The van der Waals surface area contributed by atoms with Crippen LogP contribution in [-0.2, 0) is 6.18 Å². The van der Waals surface area contributed by atoms with Crippen LogP contribution in [0.5, 0.6) is 0 Å². The van der Waals surface area contributed by atoms with Crippen molar-refractivity contribution in [2.45, 2.75) is 12.2 Å². The second kappa shape index (κ2) is 10.4. The zero-order valence-electron chi connectivity index (χ0n) is 18.0. The maximum Gasteiger partial charge on any atom is 0.416 e. The van der Waals surface area contributed by atoms with Crippen molar-refractivity contribution in [2.24, 2.45) is 0 Å². The Bertz CT molecular complexity index is 1310. The summed E-state index contributed by atoms with van der Waals surface area (Å²) in [7, 11) is 0. The van der Waals surface area contributed by atoms with E-state index in [2.05, 4.69) is 20.7 Å². The lowest BCUT2D eigenvalue weighted by Gasteiger charge is -2.20. The molecule has 0 saturated heterocycles. The SMILES string of the molecule is OCC(NC(=S)Nc1ccc(-c2ncn(-c3ccc(C(F)(F)F)cc3)n2)cc1)c1ccccc1Cl. The fraction of sp³-hybridized carbons (Fsp3) is 0.125. The van der Waals surface area contributed by atoms with Crippen LogP contribution in [-0.4, -0.2) is 31.6 Å². The van der Waals surface area contributed by atoms with Crippen molar-refractivity contribution in [2.75, 3.05) is 11.9 Å². The van der Waals surface area contributed by atoms with Crippen LogP contribution in [0.3, 0.4) is 0 Å². The number of anilines is 1. The lowest BCUT2D eigenvalue weighted by molar-refractivity contribution is -0.137. The zero-order chi connectivity index (χ0) is 25.0. The van der Waals surface area contributed by atoms with Gasteiger partial charge in [-0.3, -0.25) is 0 Å². The minimum Gasteiger partial charge on any atom is -0.394 e. The number of hydrogen-bond donors (Lipinski definition) is 3. The first-order chi connectivity index (χ1) is 16.7. The Morgan fingerprint density at radius 3 is 2.34 bits per heavy atom. The molecule has 0 aliphatic carbocycles. The first-order valence-corrected chi connectivity index (χ1v) is 11.2. The molecule has 0 bridgehead atoms. The standard InChI is InChI=1S/C24H19ClF3N5OS/c25-20-4-2-1-3-19(20)21(13-34)31-23(35)30-17-9-5-15(6-10-17)22-29-14-33(32-22)18-11-7-16(8-12-18)24(26,27)28/h1-12,14,21,34H,13H2,(H2,30,31,35). The summed E-state index contributed by atoms with van der Waals surface area (Å²) >= 11 is 11.6. The molecule has 0 aliphatic heterocycles. The minimum atomic E-state index is -4.40. The van der Waals surface area contributed by atoms with E-state index in [0.717, 1.165) is 17.7 Å². The maximum absolute atomic E-state index is 12.8. The van der Waals surface area contributed by atoms with Gasteiger partial charge in [-0.15, -0.1) is 5.10 Å². The van der Waals surface area contributed by atoms with Crippen molar-refractivity contribution in [3.63, 3.8) is 0 Å². The molecule has 1 heterocycles. The molecule has 1 aromatic heterocycles. The molecule has 3 aromatic carbocycles. The number of halogens is 4. The average Bonchev–Trinajstić information content (AvgIpc) is 3.33. The molecule has 0 saturated carbocycles. The number of aliphatic hydroxyl groups excluding tert-OH is 1. The molecule has 3 N–H and O–H groups in total. The summed E-state index contributed by atoms with van der Waals surface area (Å²) in [6.07, 6.45) is -2.96. The summed E-state index contributed by atoms with van der Waals surface area (Å²) < 4.78 is 39.7. The lowest BCUT2D eigenvalue weighted by Crippen LogP contribution is -2.34. The highest BCUT2D eigenvalue weighted by atomic mass is 35.5. The molecule has 4 rings (SSSR count). The first kappa shape index (κ1) is 24.6. The van der Waals surface area contributed by atoms with Gasteiger partial charge in [-0.25, -0.2) is 9.67 Å². The Hall–Kier alpha value is -3.47. The highest BCUT2D eigenvalue weighted by Crippen LogP contribution is 2.29. The smallest absolute Gasteiger partial charge is 0.394 e.